The van der Waals surface area contributed by atoms with Crippen LogP contribution in [0.5, 0.6) is 28.9 Å². The molecule has 0 radical (unpaired) electrons. The second-order valence-corrected chi connectivity index (χ2v) is 8.83. The summed E-state index contributed by atoms with van der Waals surface area (Å²) in [6.45, 7) is 1.42. The zero-order valence-corrected chi connectivity index (χ0v) is 22.7. The van der Waals surface area contributed by atoms with Gasteiger partial charge in [-0.1, -0.05) is 5.16 Å². The van der Waals surface area contributed by atoms with Gasteiger partial charge in [-0.3, -0.25) is 15.1 Å². The number of hydrogen-bond donors (Lipinski definition) is 1. The fraction of sp³-hybridized carbons (Fsp3) is 0.185. The van der Waals surface area contributed by atoms with Gasteiger partial charge >= 0.3 is 23.2 Å². The standard InChI is InChI=1S/C27H23FN6O8/c1-14-9-16(32-42-14)13-34-25(35)24(31-33(2)27(34)37)41-26(36)30-15-5-6-21(18(28)10-15)40-20-7-8-29-19-12-23(39-4)22(38-3)11-17(19)20/h5-12H,13H2,1-4H3,(H,30,36). The number of pyridine rings is 1. The van der Waals surface area contributed by atoms with Gasteiger partial charge in [-0.2, -0.15) is 0 Å². The van der Waals surface area contributed by atoms with Gasteiger partial charge in [0.25, 0.3) is 0 Å². The quantitative estimate of drug-likeness (QED) is 0.287. The van der Waals surface area contributed by atoms with Crippen molar-refractivity contribution in [3.8, 4) is 28.9 Å². The number of halogens is 1. The molecule has 0 bridgehead atoms. The smallest absolute Gasteiger partial charge is 0.418 e. The van der Waals surface area contributed by atoms with E-state index in [1.54, 1.807) is 31.2 Å². The topological polar surface area (TPSA) is 162 Å². The molecule has 0 aliphatic carbocycles. The minimum absolute atomic E-state index is 0.000871. The molecule has 15 heteroatoms. The lowest BCUT2D eigenvalue weighted by atomic mass is 10.2. The van der Waals surface area contributed by atoms with Gasteiger partial charge in [0.1, 0.15) is 17.2 Å². The van der Waals surface area contributed by atoms with Crippen molar-refractivity contribution in [2.24, 2.45) is 7.05 Å². The molecule has 5 aromatic rings. The minimum Gasteiger partial charge on any atom is -0.493 e. The van der Waals surface area contributed by atoms with E-state index in [1.807, 2.05) is 0 Å². The van der Waals surface area contributed by atoms with Crippen molar-refractivity contribution in [1.82, 2.24) is 24.5 Å². The first-order chi connectivity index (χ1) is 20.2. The summed E-state index contributed by atoms with van der Waals surface area (Å²) in [4.78, 5) is 42.1. The van der Waals surface area contributed by atoms with Crippen LogP contribution in [0.4, 0.5) is 14.9 Å². The van der Waals surface area contributed by atoms with Crippen molar-refractivity contribution >= 4 is 22.7 Å². The van der Waals surface area contributed by atoms with E-state index in [0.29, 0.717) is 39.6 Å². The van der Waals surface area contributed by atoms with Gasteiger partial charge in [0, 0.05) is 42.5 Å². The number of aromatic nitrogens is 5. The second kappa shape index (κ2) is 11.4. The fourth-order valence-corrected chi connectivity index (χ4v) is 4.00. The van der Waals surface area contributed by atoms with E-state index < -0.39 is 29.0 Å². The molecular formula is C27H23FN6O8. The van der Waals surface area contributed by atoms with E-state index >= 15 is 4.39 Å². The first-order valence-electron chi connectivity index (χ1n) is 12.2. The lowest BCUT2D eigenvalue weighted by molar-refractivity contribution is 0.210. The molecule has 0 aliphatic heterocycles. The van der Waals surface area contributed by atoms with Crippen LogP contribution in [0.3, 0.4) is 0 Å². The molecule has 0 unspecified atom stereocenters. The molecule has 0 atom stereocenters. The molecule has 5 rings (SSSR count). The summed E-state index contributed by atoms with van der Waals surface area (Å²) in [5.41, 5.74) is -0.883. The molecule has 3 heterocycles. The van der Waals surface area contributed by atoms with E-state index in [9.17, 15) is 14.4 Å². The van der Waals surface area contributed by atoms with Crippen LogP contribution in [0, 0.1) is 12.7 Å². The Morgan fingerprint density at radius 3 is 2.48 bits per heavy atom. The Morgan fingerprint density at radius 2 is 1.79 bits per heavy atom. The summed E-state index contributed by atoms with van der Waals surface area (Å²) in [6, 6.07) is 10.1. The van der Waals surface area contributed by atoms with E-state index in [2.05, 4.69) is 20.6 Å². The summed E-state index contributed by atoms with van der Waals surface area (Å²) in [6.07, 6.45) is 0.359. The van der Waals surface area contributed by atoms with Crippen molar-refractivity contribution in [2.45, 2.75) is 13.5 Å². The number of carbonyl (C=O) groups excluding carboxylic acids is 1. The molecule has 3 aromatic heterocycles. The second-order valence-electron chi connectivity index (χ2n) is 8.83. The van der Waals surface area contributed by atoms with Crippen LogP contribution in [0.2, 0.25) is 0 Å². The summed E-state index contributed by atoms with van der Waals surface area (Å²) >= 11 is 0. The van der Waals surface area contributed by atoms with Crippen LogP contribution in [0.15, 0.2) is 62.8 Å². The third kappa shape index (κ3) is 5.60. The minimum atomic E-state index is -1.14. The molecule has 42 heavy (non-hydrogen) atoms. The normalized spacial score (nSPS) is 10.9. The highest BCUT2D eigenvalue weighted by Crippen LogP contribution is 2.37. The van der Waals surface area contributed by atoms with E-state index in [4.69, 9.17) is 23.5 Å². The largest absolute Gasteiger partial charge is 0.493 e. The monoisotopic (exact) mass is 578 g/mol. The Labute approximate surface area is 235 Å². The Bertz CT molecular complexity index is 1930. The molecular weight excluding hydrogens is 555 g/mol. The number of benzene rings is 2. The van der Waals surface area contributed by atoms with Gasteiger partial charge < -0.3 is 23.5 Å². The number of rotatable bonds is 8. The molecule has 1 N–H and O–H groups in total. The number of hydrogen-bond acceptors (Lipinski definition) is 11. The van der Waals surface area contributed by atoms with Crippen molar-refractivity contribution in [3.63, 3.8) is 0 Å². The van der Waals surface area contributed by atoms with Gasteiger partial charge in [-0.15, -0.1) is 5.10 Å². The number of nitrogens with zero attached hydrogens (tertiary/aromatic N) is 5. The molecule has 216 valence electrons. The Kier molecular flexibility index (Phi) is 7.55. The average Bonchev–Trinajstić information content (AvgIpc) is 3.39. The van der Waals surface area contributed by atoms with Gasteiger partial charge in [0.05, 0.1) is 26.3 Å². The Morgan fingerprint density at radius 1 is 1.02 bits per heavy atom. The van der Waals surface area contributed by atoms with Crippen LogP contribution in [0.1, 0.15) is 11.5 Å². The van der Waals surface area contributed by atoms with Crippen LogP contribution in [0.25, 0.3) is 10.9 Å². The molecule has 0 fully saturated rings. The van der Waals surface area contributed by atoms with Crippen LogP contribution < -0.4 is 35.5 Å². The highest BCUT2D eigenvalue weighted by atomic mass is 19.1. The number of ether oxygens (including phenoxy) is 4. The Hall–Kier alpha value is -5.73. The van der Waals surface area contributed by atoms with Crippen molar-refractivity contribution < 1.29 is 32.7 Å². The molecule has 0 saturated heterocycles. The number of anilines is 1. The van der Waals surface area contributed by atoms with E-state index in [0.717, 1.165) is 15.3 Å². The predicted molar refractivity (Wildman–Crippen MR) is 145 cm³/mol. The van der Waals surface area contributed by atoms with Crippen molar-refractivity contribution in [3.05, 3.63) is 86.8 Å². The lowest BCUT2D eigenvalue weighted by Crippen LogP contribution is -2.42. The highest BCUT2D eigenvalue weighted by molar-refractivity contribution is 5.88. The zero-order chi connectivity index (χ0) is 30.0. The highest BCUT2D eigenvalue weighted by Gasteiger charge is 2.19. The van der Waals surface area contributed by atoms with E-state index in [1.165, 1.54) is 39.6 Å². The van der Waals surface area contributed by atoms with Crippen molar-refractivity contribution in [1.29, 1.82) is 0 Å². The SMILES string of the molecule is COc1cc2nccc(Oc3ccc(NC(=O)Oc4nn(C)c(=O)n(Cc5cc(C)on5)c4=O)cc3F)c2cc1OC. The first-order valence-corrected chi connectivity index (χ1v) is 12.2. The molecule has 0 aliphatic rings. The first kappa shape index (κ1) is 27.8. The lowest BCUT2D eigenvalue weighted by Gasteiger charge is -2.13. The van der Waals surface area contributed by atoms with Gasteiger partial charge in [0.15, 0.2) is 23.1 Å². The number of fused-ring (bicyclic) bond motifs is 1. The third-order valence-corrected chi connectivity index (χ3v) is 5.97. The molecule has 1 amide bonds. The van der Waals surface area contributed by atoms with Gasteiger partial charge in [-0.05, 0) is 31.2 Å². The van der Waals surface area contributed by atoms with Crippen LogP contribution >= 0.6 is 0 Å². The zero-order valence-electron chi connectivity index (χ0n) is 22.7. The van der Waals surface area contributed by atoms with E-state index in [-0.39, 0.29) is 18.0 Å². The Balaban J connectivity index is 1.33. The fourth-order valence-electron chi connectivity index (χ4n) is 4.00. The number of nitrogens with one attached hydrogen (secondary N) is 1. The third-order valence-electron chi connectivity index (χ3n) is 5.97. The van der Waals surface area contributed by atoms with Crippen LogP contribution in [-0.2, 0) is 13.6 Å². The summed E-state index contributed by atoms with van der Waals surface area (Å²) in [5.74, 6) is 0.0863. The van der Waals surface area contributed by atoms with Gasteiger partial charge in [-0.25, -0.2) is 23.2 Å². The molecule has 0 spiro atoms. The summed E-state index contributed by atoms with van der Waals surface area (Å²) in [5, 5.41) is 10.3. The summed E-state index contributed by atoms with van der Waals surface area (Å²) in [7, 11) is 4.27. The van der Waals surface area contributed by atoms with Crippen LogP contribution in [-0.4, -0.2) is 44.8 Å². The van der Waals surface area contributed by atoms with Gasteiger partial charge in [0.2, 0.25) is 0 Å². The maximum Gasteiger partial charge on any atom is 0.418 e. The number of aryl methyl sites for hydroxylation is 2. The maximum atomic E-state index is 15.0. The molecule has 2 aromatic carbocycles. The molecule has 0 saturated carbocycles. The maximum absolute atomic E-state index is 15.0. The molecule has 14 nitrogen and oxygen atoms in total. The average molecular weight is 579 g/mol. The van der Waals surface area contributed by atoms with Crippen molar-refractivity contribution in [2.75, 3.05) is 19.5 Å². The summed E-state index contributed by atoms with van der Waals surface area (Å²) < 4.78 is 43.1. The number of amides is 1. The predicted octanol–water partition coefficient (Wildman–Crippen LogP) is 3.39. The number of carbonyl (C=O) groups is 1. The number of methoxy groups -OCH3 is 2.